The summed E-state index contributed by atoms with van der Waals surface area (Å²) in [5.41, 5.74) is 2.15. The van der Waals surface area contributed by atoms with E-state index in [0.717, 1.165) is 16.9 Å². The minimum atomic E-state index is -0.834. The van der Waals surface area contributed by atoms with Crippen molar-refractivity contribution in [2.75, 3.05) is 19.7 Å². The van der Waals surface area contributed by atoms with Crippen LogP contribution < -0.4 is 4.74 Å². The van der Waals surface area contributed by atoms with Crippen molar-refractivity contribution in [2.45, 2.75) is 32.5 Å². The molecule has 1 aliphatic rings. The SMILES string of the molecule is Cc1ccc(C)c(OCCC(=O)N2C[C@@H](O)[C@@H](O)C2)c1. The molecule has 110 valence electrons. The molecular formula is C15H21NO4. The average molecular weight is 279 g/mol. The fourth-order valence-corrected chi connectivity index (χ4v) is 2.24. The summed E-state index contributed by atoms with van der Waals surface area (Å²) in [7, 11) is 0. The van der Waals surface area contributed by atoms with Crippen molar-refractivity contribution in [3.05, 3.63) is 29.3 Å². The van der Waals surface area contributed by atoms with Gasteiger partial charge >= 0.3 is 0 Å². The number of amides is 1. The molecule has 5 heteroatoms. The number of carbonyl (C=O) groups excluding carboxylic acids is 1. The van der Waals surface area contributed by atoms with Gasteiger partial charge in [-0.1, -0.05) is 12.1 Å². The van der Waals surface area contributed by atoms with Gasteiger partial charge in [-0.2, -0.15) is 0 Å². The summed E-state index contributed by atoms with van der Waals surface area (Å²) in [6.07, 6.45) is -1.43. The molecule has 2 rings (SSSR count). The zero-order valence-corrected chi connectivity index (χ0v) is 11.9. The number of aryl methyl sites for hydroxylation is 2. The van der Waals surface area contributed by atoms with Crippen LogP contribution in [0.2, 0.25) is 0 Å². The van der Waals surface area contributed by atoms with Crippen LogP contribution in [0.3, 0.4) is 0 Å². The van der Waals surface area contributed by atoms with Crippen LogP contribution in [0.15, 0.2) is 18.2 Å². The van der Waals surface area contributed by atoms with Gasteiger partial charge in [0.25, 0.3) is 0 Å². The summed E-state index contributed by atoms with van der Waals surface area (Å²) in [5.74, 6) is 0.685. The Morgan fingerprint density at radius 3 is 2.60 bits per heavy atom. The van der Waals surface area contributed by atoms with E-state index in [-0.39, 0.29) is 25.4 Å². The Balaban J connectivity index is 1.81. The number of ether oxygens (including phenoxy) is 1. The van der Waals surface area contributed by atoms with Crippen molar-refractivity contribution in [3.63, 3.8) is 0 Å². The smallest absolute Gasteiger partial charge is 0.226 e. The highest BCUT2D eigenvalue weighted by Crippen LogP contribution is 2.19. The predicted octanol–water partition coefficient (Wildman–Crippen LogP) is 0.636. The molecule has 0 unspecified atom stereocenters. The van der Waals surface area contributed by atoms with Crippen LogP contribution in [0.25, 0.3) is 0 Å². The molecule has 2 N–H and O–H groups in total. The van der Waals surface area contributed by atoms with Gasteiger partial charge in [-0.15, -0.1) is 0 Å². The third-order valence-corrected chi connectivity index (χ3v) is 3.53. The summed E-state index contributed by atoms with van der Waals surface area (Å²) in [4.78, 5) is 13.4. The highest BCUT2D eigenvalue weighted by molar-refractivity contribution is 5.76. The summed E-state index contributed by atoms with van der Waals surface area (Å²) in [6.45, 7) is 4.65. The summed E-state index contributed by atoms with van der Waals surface area (Å²) in [5, 5.41) is 18.8. The summed E-state index contributed by atoms with van der Waals surface area (Å²) < 4.78 is 5.63. The molecule has 1 aromatic rings. The predicted molar refractivity (Wildman–Crippen MR) is 74.6 cm³/mol. The van der Waals surface area contributed by atoms with Crippen molar-refractivity contribution in [2.24, 2.45) is 0 Å². The van der Waals surface area contributed by atoms with Crippen LogP contribution in [-0.2, 0) is 4.79 Å². The third kappa shape index (κ3) is 3.49. The number of β-amino-alcohol motifs (C(OH)–C–C–N with tert-alkyl or cyclic N) is 2. The fraction of sp³-hybridized carbons (Fsp3) is 0.533. The molecule has 0 spiro atoms. The van der Waals surface area contributed by atoms with Crippen molar-refractivity contribution in [3.8, 4) is 5.75 Å². The highest BCUT2D eigenvalue weighted by atomic mass is 16.5. The number of aliphatic hydroxyl groups is 2. The Hall–Kier alpha value is -1.59. The van der Waals surface area contributed by atoms with Crippen molar-refractivity contribution >= 4 is 5.91 Å². The molecule has 0 bridgehead atoms. The number of nitrogens with zero attached hydrogens (tertiary/aromatic N) is 1. The normalized spacial score (nSPS) is 22.1. The number of benzene rings is 1. The van der Waals surface area contributed by atoms with Gasteiger partial charge in [0, 0.05) is 13.1 Å². The topological polar surface area (TPSA) is 70.0 Å². The zero-order chi connectivity index (χ0) is 14.7. The zero-order valence-electron chi connectivity index (χ0n) is 11.9. The van der Waals surface area contributed by atoms with Crippen molar-refractivity contribution < 1.29 is 19.7 Å². The molecule has 20 heavy (non-hydrogen) atoms. The van der Waals surface area contributed by atoms with Gasteiger partial charge < -0.3 is 19.8 Å². The average Bonchev–Trinajstić information content (AvgIpc) is 2.74. The molecule has 0 aliphatic carbocycles. The molecule has 0 aromatic heterocycles. The van der Waals surface area contributed by atoms with Crippen LogP contribution >= 0.6 is 0 Å². The Kier molecular flexibility index (Phi) is 4.62. The monoisotopic (exact) mass is 279 g/mol. The maximum atomic E-state index is 11.9. The number of rotatable bonds is 4. The largest absolute Gasteiger partial charge is 0.493 e. The molecule has 1 heterocycles. The molecule has 1 fully saturated rings. The first-order chi connectivity index (χ1) is 9.47. The lowest BCUT2D eigenvalue weighted by Gasteiger charge is -2.16. The Morgan fingerprint density at radius 1 is 1.30 bits per heavy atom. The molecule has 2 atom stereocenters. The van der Waals surface area contributed by atoms with E-state index < -0.39 is 12.2 Å². The van der Waals surface area contributed by atoms with Gasteiger partial charge in [0.1, 0.15) is 5.75 Å². The number of hydrogen-bond donors (Lipinski definition) is 2. The van der Waals surface area contributed by atoms with E-state index in [2.05, 4.69) is 0 Å². The van der Waals surface area contributed by atoms with Crippen LogP contribution in [-0.4, -0.2) is 52.9 Å². The van der Waals surface area contributed by atoms with E-state index in [9.17, 15) is 15.0 Å². The molecule has 0 radical (unpaired) electrons. The third-order valence-electron chi connectivity index (χ3n) is 3.53. The Labute approximate surface area is 118 Å². The van der Waals surface area contributed by atoms with Crippen LogP contribution in [0.1, 0.15) is 17.5 Å². The number of carbonyl (C=O) groups is 1. The second-order valence-corrected chi connectivity index (χ2v) is 5.30. The van der Waals surface area contributed by atoms with E-state index in [1.54, 1.807) is 0 Å². The lowest BCUT2D eigenvalue weighted by Crippen LogP contribution is -2.30. The van der Waals surface area contributed by atoms with Gasteiger partial charge in [-0.05, 0) is 31.0 Å². The molecule has 1 saturated heterocycles. The van der Waals surface area contributed by atoms with E-state index in [0.29, 0.717) is 6.61 Å². The molecule has 1 aliphatic heterocycles. The van der Waals surface area contributed by atoms with Crippen molar-refractivity contribution in [1.29, 1.82) is 0 Å². The highest BCUT2D eigenvalue weighted by Gasteiger charge is 2.32. The van der Waals surface area contributed by atoms with Crippen LogP contribution in [0, 0.1) is 13.8 Å². The first kappa shape index (κ1) is 14.8. The summed E-state index contributed by atoms with van der Waals surface area (Å²) >= 11 is 0. The van der Waals surface area contributed by atoms with E-state index in [4.69, 9.17) is 4.74 Å². The maximum absolute atomic E-state index is 11.9. The Bertz CT molecular complexity index is 479. The molecule has 5 nitrogen and oxygen atoms in total. The van der Waals surface area contributed by atoms with Crippen LogP contribution in [0.5, 0.6) is 5.75 Å². The minimum Gasteiger partial charge on any atom is -0.493 e. The lowest BCUT2D eigenvalue weighted by molar-refractivity contribution is -0.131. The number of likely N-dealkylation sites (tertiary alicyclic amines) is 1. The van der Waals surface area contributed by atoms with Gasteiger partial charge in [-0.25, -0.2) is 0 Å². The molecule has 1 amide bonds. The number of aliphatic hydroxyl groups excluding tert-OH is 2. The van der Waals surface area contributed by atoms with Gasteiger partial charge in [0.2, 0.25) is 5.91 Å². The second kappa shape index (κ2) is 6.24. The van der Waals surface area contributed by atoms with Gasteiger partial charge in [-0.3, -0.25) is 4.79 Å². The Morgan fingerprint density at radius 2 is 1.95 bits per heavy atom. The van der Waals surface area contributed by atoms with Crippen LogP contribution in [0.4, 0.5) is 0 Å². The maximum Gasteiger partial charge on any atom is 0.226 e. The standard InChI is InChI=1S/C15H21NO4/c1-10-3-4-11(2)14(7-10)20-6-5-15(19)16-8-12(17)13(18)9-16/h3-4,7,12-13,17-18H,5-6,8-9H2,1-2H3/t12-,13+. The number of hydrogen-bond acceptors (Lipinski definition) is 4. The second-order valence-electron chi connectivity index (χ2n) is 5.30. The molecule has 1 aromatic carbocycles. The first-order valence-corrected chi connectivity index (χ1v) is 6.81. The lowest BCUT2D eigenvalue weighted by atomic mass is 10.1. The quantitative estimate of drug-likeness (QED) is 0.848. The van der Waals surface area contributed by atoms with Gasteiger partial charge in [0.05, 0.1) is 25.2 Å². The first-order valence-electron chi connectivity index (χ1n) is 6.81. The van der Waals surface area contributed by atoms with Crippen molar-refractivity contribution in [1.82, 2.24) is 4.90 Å². The fourth-order valence-electron chi connectivity index (χ4n) is 2.24. The molecular weight excluding hydrogens is 258 g/mol. The van der Waals surface area contributed by atoms with Gasteiger partial charge in [0.15, 0.2) is 0 Å². The van der Waals surface area contributed by atoms with E-state index >= 15 is 0 Å². The van der Waals surface area contributed by atoms with E-state index in [1.165, 1.54) is 4.90 Å². The van der Waals surface area contributed by atoms with E-state index in [1.807, 2.05) is 32.0 Å². The molecule has 0 saturated carbocycles. The minimum absolute atomic E-state index is 0.106. The summed E-state index contributed by atoms with van der Waals surface area (Å²) in [6, 6.07) is 5.95.